The highest BCUT2D eigenvalue weighted by Gasteiger charge is 2.30. The van der Waals surface area contributed by atoms with Gasteiger partial charge in [-0.25, -0.2) is 0 Å². The van der Waals surface area contributed by atoms with Gasteiger partial charge in [-0.15, -0.1) is 0 Å². The van der Waals surface area contributed by atoms with E-state index in [0.29, 0.717) is 0 Å². The number of carbonyl (C=O) groups is 3. The zero-order chi connectivity index (χ0) is 20.7. The smallest absolute Gasteiger partial charge is 0.416 e. The molecule has 1 saturated carbocycles. The minimum atomic E-state index is -4.49. The molecule has 0 aromatic heterocycles. The van der Waals surface area contributed by atoms with Gasteiger partial charge in [0.1, 0.15) is 6.54 Å². The maximum absolute atomic E-state index is 12.5. The van der Waals surface area contributed by atoms with Crippen molar-refractivity contribution in [2.24, 2.45) is 0 Å². The van der Waals surface area contributed by atoms with Crippen molar-refractivity contribution >= 4 is 17.8 Å². The molecule has 28 heavy (non-hydrogen) atoms. The first-order valence-corrected chi connectivity index (χ1v) is 9.12. The number of ether oxygens (including phenoxy) is 1. The van der Waals surface area contributed by atoms with Crippen molar-refractivity contribution in [2.45, 2.75) is 57.3 Å². The number of hydrogen-bond acceptors (Lipinski definition) is 4. The Bertz CT molecular complexity index is 698. The minimum absolute atomic E-state index is 0.0242. The lowest BCUT2D eigenvalue weighted by Crippen LogP contribution is -2.43. The fourth-order valence-electron chi connectivity index (χ4n) is 2.92. The first kappa shape index (κ1) is 21.7. The summed E-state index contributed by atoms with van der Waals surface area (Å²) in [5.41, 5.74) is -0.898. The third kappa shape index (κ3) is 6.54. The molecular weight excluding hydrogens is 377 g/mol. The Morgan fingerprint density at radius 1 is 1.11 bits per heavy atom. The van der Waals surface area contributed by atoms with Crippen LogP contribution in [0.5, 0.6) is 0 Å². The van der Waals surface area contributed by atoms with Crippen LogP contribution in [0, 0.1) is 0 Å². The summed E-state index contributed by atoms with van der Waals surface area (Å²) in [6.45, 7) is 0.939. The van der Waals surface area contributed by atoms with Crippen LogP contribution in [0.1, 0.15) is 54.9 Å². The predicted octanol–water partition coefficient (Wildman–Crippen LogP) is 2.82. The van der Waals surface area contributed by atoms with Crippen molar-refractivity contribution in [3.8, 4) is 0 Å². The molecule has 1 atom stereocenters. The molecule has 1 aromatic carbocycles. The SMILES string of the molecule is C[C@H](OC(=O)CNC(=O)c1ccc(C(F)(F)F)cc1)C(=O)NC1CCCCC1. The topological polar surface area (TPSA) is 84.5 Å². The highest BCUT2D eigenvalue weighted by Crippen LogP contribution is 2.29. The molecule has 2 amide bonds. The molecule has 0 bridgehead atoms. The van der Waals surface area contributed by atoms with Gasteiger partial charge in [0.25, 0.3) is 11.8 Å². The summed E-state index contributed by atoms with van der Waals surface area (Å²) in [5.74, 6) is -1.93. The number of alkyl halides is 3. The molecule has 0 unspecified atom stereocenters. The van der Waals surface area contributed by atoms with Crippen molar-refractivity contribution < 1.29 is 32.3 Å². The van der Waals surface area contributed by atoms with Gasteiger partial charge in [-0.05, 0) is 44.0 Å². The van der Waals surface area contributed by atoms with Crippen LogP contribution >= 0.6 is 0 Å². The van der Waals surface area contributed by atoms with E-state index in [0.717, 1.165) is 56.4 Å². The predicted molar refractivity (Wildman–Crippen MR) is 94.3 cm³/mol. The van der Waals surface area contributed by atoms with Crippen LogP contribution in [-0.2, 0) is 20.5 Å². The second kappa shape index (κ2) is 9.57. The van der Waals surface area contributed by atoms with Crippen molar-refractivity contribution in [1.82, 2.24) is 10.6 Å². The van der Waals surface area contributed by atoms with Crippen LogP contribution in [0.25, 0.3) is 0 Å². The van der Waals surface area contributed by atoms with Gasteiger partial charge in [-0.3, -0.25) is 14.4 Å². The lowest BCUT2D eigenvalue weighted by Gasteiger charge is -2.24. The Balaban J connectivity index is 1.76. The molecule has 6 nitrogen and oxygen atoms in total. The first-order valence-electron chi connectivity index (χ1n) is 9.12. The zero-order valence-corrected chi connectivity index (χ0v) is 15.5. The molecule has 0 spiro atoms. The number of hydrogen-bond donors (Lipinski definition) is 2. The molecule has 154 valence electrons. The average Bonchev–Trinajstić information content (AvgIpc) is 2.66. The zero-order valence-electron chi connectivity index (χ0n) is 15.5. The van der Waals surface area contributed by atoms with Crippen LogP contribution in [0.15, 0.2) is 24.3 Å². The van der Waals surface area contributed by atoms with Crippen molar-refractivity contribution in [2.75, 3.05) is 6.54 Å². The third-order valence-corrected chi connectivity index (χ3v) is 4.50. The van der Waals surface area contributed by atoms with Crippen molar-refractivity contribution in [1.29, 1.82) is 0 Å². The van der Waals surface area contributed by atoms with E-state index in [9.17, 15) is 27.6 Å². The number of carbonyl (C=O) groups excluding carboxylic acids is 3. The standard InChI is InChI=1S/C19H23F3N2O4/c1-12(17(26)24-15-5-3-2-4-6-15)28-16(25)11-23-18(27)13-7-9-14(10-8-13)19(20,21)22/h7-10,12,15H,2-6,11H2,1H3,(H,23,27)(H,24,26)/t12-/m0/s1. The number of nitrogens with one attached hydrogen (secondary N) is 2. The molecule has 0 saturated heterocycles. The van der Waals surface area contributed by atoms with Gasteiger partial charge >= 0.3 is 12.1 Å². The Hall–Kier alpha value is -2.58. The van der Waals surface area contributed by atoms with Gasteiger partial charge in [0.15, 0.2) is 6.10 Å². The summed E-state index contributed by atoms with van der Waals surface area (Å²) in [5, 5.41) is 5.09. The normalized spacial score (nSPS) is 16.1. The van der Waals surface area contributed by atoms with Crippen LogP contribution in [0.4, 0.5) is 13.2 Å². The van der Waals surface area contributed by atoms with E-state index in [4.69, 9.17) is 4.74 Å². The van der Waals surface area contributed by atoms with Gasteiger partial charge in [0.05, 0.1) is 5.56 Å². The first-order chi connectivity index (χ1) is 13.2. The average molecular weight is 400 g/mol. The lowest BCUT2D eigenvalue weighted by atomic mass is 9.95. The Labute approximate surface area is 160 Å². The van der Waals surface area contributed by atoms with Crippen molar-refractivity contribution in [3.05, 3.63) is 35.4 Å². The van der Waals surface area contributed by atoms with E-state index in [1.165, 1.54) is 6.92 Å². The molecule has 1 aromatic rings. The number of amides is 2. The number of halogens is 3. The summed E-state index contributed by atoms with van der Waals surface area (Å²) >= 11 is 0. The maximum Gasteiger partial charge on any atom is 0.416 e. The van der Waals surface area contributed by atoms with Gasteiger partial charge in [-0.1, -0.05) is 19.3 Å². The van der Waals surface area contributed by atoms with Crippen molar-refractivity contribution in [3.63, 3.8) is 0 Å². The lowest BCUT2D eigenvalue weighted by molar-refractivity contribution is -0.154. The minimum Gasteiger partial charge on any atom is -0.451 e. The Morgan fingerprint density at radius 3 is 2.29 bits per heavy atom. The second-order valence-electron chi connectivity index (χ2n) is 6.73. The summed E-state index contributed by atoms with van der Waals surface area (Å²) in [4.78, 5) is 35.8. The molecule has 0 radical (unpaired) electrons. The number of esters is 1. The largest absolute Gasteiger partial charge is 0.451 e. The molecule has 0 aliphatic heterocycles. The quantitative estimate of drug-likeness (QED) is 0.720. The van der Waals surface area contributed by atoms with Crippen LogP contribution < -0.4 is 10.6 Å². The highest BCUT2D eigenvalue weighted by atomic mass is 19.4. The van der Waals surface area contributed by atoms with Crippen LogP contribution in [0.3, 0.4) is 0 Å². The van der Waals surface area contributed by atoms with E-state index in [-0.39, 0.29) is 11.6 Å². The molecule has 0 heterocycles. The van der Waals surface area contributed by atoms with Gasteiger partial charge < -0.3 is 15.4 Å². The number of benzene rings is 1. The molecule has 1 aliphatic carbocycles. The number of rotatable bonds is 6. The Kier molecular flexibility index (Phi) is 7.42. The van der Waals surface area contributed by atoms with Gasteiger partial charge in [0.2, 0.25) is 0 Å². The van der Waals surface area contributed by atoms with E-state index in [2.05, 4.69) is 10.6 Å². The fraction of sp³-hybridized carbons (Fsp3) is 0.526. The van der Waals surface area contributed by atoms with E-state index in [1.807, 2.05) is 0 Å². The Morgan fingerprint density at radius 2 is 1.71 bits per heavy atom. The fourth-order valence-corrected chi connectivity index (χ4v) is 2.92. The summed E-state index contributed by atoms with van der Waals surface area (Å²) < 4.78 is 42.5. The molecule has 2 rings (SSSR count). The highest BCUT2D eigenvalue weighted by molar-refractivity contribution is 5.96. The molecule has 1 aliphatic rings. The third-order valence-electron chi connectivity index (χ3n) is 4.50. The summed E-state index contributed by atoms with van der Waals surface area (Å²) in [6.07, 6.45) is -0.449. The second-order valence-corrected chi connectivity index (χ2v) is 6.73. The van der Waals surface area contributed by atoms with E-state index < -0.39 is 42.2 Å². The monoisotopic (exact) mass is 400 g/mol. The van der Waals surface area contributed by atoms with Gasteiger partial charge in [-0.2, -0.15) is 13.2 Å². The van der Waals surface area contributed by atoms with E-state index in [1.54, 1.807) is 0 Å². The van der Waals surface area contributed by atoms with E-state index >= 15 is 0 Å². The summed E-state index contributed by atoms with van der Waals surface area (Å²) in [6, 6.07) is 3.69. The molecule has 1 fully saturated rings. The molecule has 9 heteroatoms. The molecular formula is C19H23F3N2O4. The van der Waals surface area contributed by atoms with Crippen LogP contribution in [-0.4, -0.2) is 36.5 Å². The summed E-state index contributed by atoms with van der Waals surface area (Å²) in [7, 11) is 0. The van der Waals surface area contributed by atoms with Crippen LogP contribution in [0.2, 0.25) is 0 Å². The maximum atomic E-state index is 12.5. The molecule has 2 N–H and O–H groups in total. The van der Waals surface area contributed by atoms with Gasteiger partial charge in [0, 0.05) is 11.6 Å².